The van der Waals surface area contributed by atoms with Crippen molar-refractivity contribution in [3.63, 3.8) is 0 Å². The van der Waals surface area contributed by atoms with Crippen molar-refractivity contribution < 1.29 is 24.2 Å². The molecule has 2 aromatic heterocycles. The van der Waals surface area contributed by atoms with Gasteiger partial charge in [0, 0.05) is 32.2 Å². The molecule has 37 heavy (non-hydrogen) atoms. The SMILES string of the molecule is CC#CCOc1cc([C@@H](C)NC(=O)[C@H](OC)[C@@H](O)C(=O)N2Cc3cccnc3C2)ccc1-n1cccn1. The van der Waals surface area contributed by atoms with Crippen LogP contribution in [-0.4, -0.2) is 62.5 Å². The van der Waals surface area contributed by atoms with Gasteiger partial charge in [-0.2, -0.15) is 5.10 Å². The van der Waals surface area contributed by atoms with Crippen LogP contribution in [-0.2, 0) is 27.4 Å². The predicted octanol–water partition coefficient (Wildman–Crippen LogP) is 1.76. The number of benzene rings is 1. The van der Waals surface area contributed by atoms with Crippen LogP contribution >= 0.6 is 0 Å². The number of carbonyl (C=O) groups is 2. The number of aromatic nitrogens is 3. The summed E-state index contributed by atoms with van der Waals surface area (Å²) in [5.74, 6) is 5.01. The quantitative estimate of drug-likeness (QED) is 0.427. The van der Waals surface area contributed by atoms with Crippen LogP contribution in [0.25, 0.3) is 5.69 Å². The van der Waals surface area contributed by atoms with Crippen molar-refractivity contribution in [2.75, 3.05) is 13.7 Å². The van der Waals surface area contributed by atoms with Gasteiger partial charge in [-0.25, -0.2) is 4.68 Å². The molecule has 0 fully saturated rings. The zero-order chi connectivity index (χ0) is 26.4. The summed E-state index contributed by atoms with van der Waals surface area (Å²) in [6, 6.07) is 10.5. The number of rotatable bonds is 9. The Hall–Kier alpha value is -4.20. The molecule has 0 spiro atoms. The van der Waals surface area contributed by atoms with E-state index < -0.39 is 30.1 Å². The van der Waals surface area contributed by atoms with Gasteiger partial charge in [0.15, 0.2) is 12.2 Å². The highest BCUT2D eigenvalue weighted by atomic mass is 16.5. The lowest BCUT2D eigenvalue weighted by molar-refractivity contribution is -0.156. The van der Waals surface area contributed by atoms with Crippen molar-refractivity contribution in [3.05, 3.63) is 71.8 Å². The number of hydrogen-bond donors (Lipinski definition) is 2. The number of aliphatic hydroxyl groups is 1. The maximum absolute atomic E-state index is 13.0. The minimum atomic E-state index is -1.67. The molecule has 4 rings (SSSR count). The van der Waals surface area contributed by atoms with Gasteiger partial charge in [0.2, 0.25) is 0 Å². The Morgan fingerprint density at radius 1 is 1.22 bits per heavy atom. The van der Waals surface area contributed by atoms with Crippen molar-refractivity contribution in [2.45, 2.75) is 45.2 Å². The van der Waals surface area contributed by atoms with E-state index >= 15 is 0 Å². The van der Waals surface area contributed by atoms with Gasteiger partial charge in [-0.1, -0.05) is 18.1 Å². The van der Waals surface area contributed by atoms with Crippen LogP contribution in [0.5, 0.6) is 5.75 Å². The summed E-state index contributed by atoms with van der Waals surface area (Å²) in [5, 5.41) is 17.8. The molecule has 3 heterocycles. The fourth-order valence-corrected chi connectivity index (χ4v) is 4.13. The summed E-state index contributed by atoms with van der Waals surface area (Å²) in [6.45, 7) is 4.32. The van der Waals surface area contributed by atoms with Crippen LogP contribution in [0.2, 0.25) is 0 Å². The summed E-state index contributed by atoms with van der Waals surface area (Å²) in [7, 11) is 1.28. The maximum Gasteiger partial charge on any atom is 0.255 e. The van der Waals surface area contributed by atoms with Gasteiger partial charge in [0.1, 0.15) is 18.0 Å². The van der Waals surface area contributed by atoms with E-state index in [9.17, 15) is 14.7 Å². The number of aliphatic hydroxyl groups excluding tert-OH is 1. The van der Waals surface area contributed by atoms with E-state index in [2.05, 4.69) is 27.2 Å². The molecule has 0 aliphatic carbocycles. The monoisotopic (exact) mass is 503 g/mol. The Morgan fingerprint density at radius 3 is 2.76 bits per heavy atom. The lowest BCUT2D eigenvalue weighted by Crippen LogP contribution is -2.51. The summed E-state index contributed by atoms with van der Waals surface area (Å²) in [6.07, 6.45) is 2.08. The fourth-order valence-electron chi connectivity index (χ4n) is 4.13. The normalized spacial score (nSPS) is 14.6. The standard InChI is InChI=1S/C27H29N5O5/c1-4-5-14-37-23-15-19(9-10-22(23)32-13-7-12-29-32)18(2)30-26(34)25(36-3)24(33)27(35)31-16-20-8-6-11-28-21(20)17-31/h6-13,15,18,24-25,33H,14,16-17H2,1-3H3,(H,30,34)/t18-,24-,25-/m1/s1. The second kappa shape index (κ2) is 11.7. The number of nitrogens with zero attached hydrogens (tertiary/aromatic N) is 4. The van der Waals surface area contributed by atoms with E-state index in [1.165, 1.54) is 12.0 Å². The molecule has 1 aliphatic heterocycles. The Labute approximate surface area is 215 Å². The van der Waals surface area contributed by atoms with Crippen LogP contribution in [0.3, 0.4) is 0 Å². The zero-order valence-corrected chi connectivity index (χ0v) is 20.9. The van der Waals surface area contributed by atoms with E-state index in [-0.39, 0.29) is 13.2 Å². The molecule has 10 nitrogen and oxygen atoms in total. The van der Waals surface area contributed by atoms with Crippen molar-refractivity contribution in [1.82, 2.24) is 25.0 Å². The lowest BCUT2D eigenvalue weighted by Gasteiger charge is -2.26. The minimum absolute atomic E-state index is 0.199. The average molecular weight is 504 g/mol. The molecule has 3 aromatic rings. The third kappa shape index (κ3) is 5.80. The topological polar surface area (TPSA) is 119 Å². The molecule has 2 N–H and O–H groups in total. The van der Waals surface area contributed by atoms with Crippen molar-refractivity contribution in [2.24, 2.45) is 0 Å². The third-order valence-corrected chi connectivity index (χ3v) is 6.12. The molecule has 1 aromatic carbocycles. The summed E-state index contributed by atoms with van der Waals surface area (Å²) in [4.78, 5) is 31.7. The van der Waals surface area contributed by atoms with E-state index in [1.807, 2.05) is 18.2 Å². The van der Waals surface area contributed by atoms with E-state index in [0.29, 0.717) is 12.3 Å². The van der Waals surface area contributed by atoms with Gasteiger partial charge in [-0.3, -0.25) is 14.6 Å². The van der Waals surface area contributed by atoms with Crippen LogP contribution < -0.4 is 10.1 Å². The Bertz CT molecular complexity index is 1290. The van der Waals surface area contributed by atoms with Crippen molar-refractivity contribution in [3.8, 4) is 23.3 Å². The first-order valence-corrected chi connectivity index (χ1v) is 11.8. The first-order chi connectivity index (χ1) is 17.9. The third-order valence-electron chi connectivity index (χ3n) is 6.12. The van der Waals surface area contributed by atoms with Crippen LogP contribution in [0.15, 0.2) is 55.0 Å². The molecule has 0 bridgehead atoms. The number of carbonyl (C=O) groups excluding carboxylic acids is 2. The number of amides is 2. The lowest BCUT2D eigenvalue weighted by atomic mass is 10.1. The van der Waals surface area contributed by atoms with Crippen LogP contribution in [0.4, 0.5) is 0 Å². The first kappa shape index (κ1) is 25.9. The van der Waals surface area contributed by atoms with Gasteiger partial charge in [0.25, 0.3) is 11.8 Å². The van der Waals surface area contributed by atoms with Gasteiger partial charge in [-0.05, 0) is 49.2 Å². The Balaban J connectivity index is 1.45. The first-order valence-electron chi connectivity index (χ1n) is 11.8. The van der Waals surface area contributed by atoms with Crippen molar-refractivity contribution in [1.29, 1.82) is 0 Å². The minimum Gasteiger partial charge on any atom is -0.479 e. The second-order valence-corrected chi connectivity index (χ2v) is 8.53. The van der Waals surface area contributed by atoms with Gasteiger partial charge >= 0.3 is 0 Å². The van der Waals surface area contributed by atoms with Crippen LogP contribution in [0, 0.1) is 11.8 Å². The average Bonchev–Trinajstić information content (AvgIpc) is 3.59. The van der Waals surface area contributed by atoms with Crippen LogP contribution in [0.1, 0.15) is 36.7 Å². The second-order valence-electron chi connectivity index (χ2n) is 8.53. The highest BCUT2D eigenvalue weighted by Crippen LogP contribution is 2.27. The highest BCUT2D eigenvalue weighted by Gasteiger charge is 2.37. The van der Waals surface area contributed by atoms with Gasteiger partial charge in [-0.15, -0.1) is 5.92 Å². The Morgan fingerprint density at radius 2 is 2.05 bits per heavy atom. The number of methoxy groups -OCH3 is 1. The number of nitrogens with one attached hydrogen (secondary N) is 1. The van der Waals surface area contributed by atoms with E-state index in [0.717, 1.165) is 22.5 Å². The molecule has 192 valence electrons. The highest BCUT2D eigenvalue weighted by molar-refractivity contribution is 5.91. The number of pyridine rings is 1. The molecule has 2 amide bonds. The smallest absolute Gasteiger partial charge is 0.255 e. The molecule has 0 radical (unpaired) electrons. The summed E-state index contributed by atoms with van der Waals surface area (Å²) in [5.41, 5.74) is 3.16. The Kier molecular flexibility index (Phi) is 8.18. The zero-order valence-electron chi connectivity index (χ0n) is 20.9. The fraction of sp³-hybridized carbons (Fsp3) is 0.333. The van der Waals surface area contributed by atoms with E-state index in [1.54, 1.807) is 55.3 Å². The van der Waals surface area contributed by atoms with Crippen molar-refractivity contribution >= 4 is 11.8 Å². The molecule has 10 heteroatoms. The maximum atomic E-state index is 13.0. The molecule has 0 saturated heterocycles. The molecular weight excluding hydrogens is 474 g/mol. The molecule has 0 unspecified atom stereocenters. The summed E-state index contributed by atoms with van der Waals surface area (Å²) >= 11 is 0. The molecule has 0 saturated carbocycles. The summed E-state index contributed by atoms with van der Waals surface area (Å²) < 4.78 is 12.8. The van der Waals surface area contributed by atoms with E-state index in [4.69, 9.17) is 9.47 Å². The largest absolute Gasteiger partial charge is 0.479 e. The molecular formula is C27H29N5O5. The molecule has 1 aliphatic rings. The number of hydrogen-bond acceptors (Lipinski definition) is 7. The van der Waals surface area contributed by atoms with Gasteiger partial charge in [0.05, 0.1) is 18.3 Å². The number of ether oxygens (including phenoxy) is 2. The molecule has 3 atom stereocenters. The predicted molar refractivity (Wildman–Crippen MR) is 134 cm³/mol. The number of fused-ring (bicyclic) bond motifs is 1. The van der Waals surface area contributed by atoms with Gasteiger partial charge < -0.3 is 24.8 Å².